The van der Waals surface area contributed by atoms with Crippen LogP contribution in [0.3, 0.4) is 0 Å². The van der Waals surface area contributed by atoms with Crippen LogP contribution in [-0.2, 0) is 17.8 Å². The molecule has 3 aromatic rings. The number of aromatic nitrogens is 3. The van der Waals surface area contributed by atoms with Crippen LogP contribution in [0.2, 0.25) is 0 Å². The molecule has 0 spiro atoms. The predicted molar refractivity (Wildman–Crippen MR) is 119 cm³/mol. The molecule has 0 amide bonds. The molecule has 0 unspecified atom stereocenters. The summed E-state index contributed by atoms with van der Waals surface area (Å²) in [7, 11) is 0. The van der Waals surface area contributed by atoms with Gasteiger partial charge in [0.15, 0.2) is 0 Å². The Morgan fingerprint density at radius 2 is 1.47 bits per heavy atom. The number of hydrogen-bond acceptors (Lipinski definition) is 7. The zero-order valence-electron chi connectivity index (χ0n) is 17.2. The van der Waals surface area contributed by atoms with E-state index in [0.717, 1.165) is 75.8 Å². The van der Waals surface area contributed by atoms with Crippen molar-refractivity contribution in [3.63, 3.8) is 0 Å². The molecule has 8 heteroatoms. The van der Waals surface area contributed by atoms with E-state index in [4.69, 9.17) is 4.74 Å². The molecule has 30 heavy (non-hydrogen) atoms. The summed E-state index contributed by atoms with van der Waals surface area (Å²) in [5.41, 5.74) is 2.67. The Bertz CT molecular complexity index is 928. The summed E-state index contributed by atoms with van der Waals surface area (Å²) in [6.45, 7) is 9.69. The van der Waals surface area contributed by atoms with Gasteiger partial charge in [-0.25, -0.2) is 0 Å². The zero-order valence-corrected chi connectivity index (χ0v) is 18.0. The van der Waals surface area contributed by atoms with Gasteiger partial charge in [0.1, 0.15) is 0 Å². The average Bonchev–Trinajstić information content (AvgIpc) is 3.46. The maximum Gasteiger partial charge on any atom is 0.218 e. The van der Waals surface area contributed by atoms with Crippen molar-refractivity contribution in [1.82, 2.24) is 24.6 Å². The molecule has 0 N–H and O–H groups in total. The van der Waals surface area contributed by atoms with Crippen LogP contribution in [0, 0.1) is 0 Å². The highest BCUT2D eigenvalue weighted by molar-refractivity contribution is 7.17. The molecule has 2 fully saturated rings. The van der Waals surface area contributed by atoms with Crippen molar-refractivity contribution in [2.24, 2.45) is 0 Å². The number of anilines is 1. The third-order valence-electron chi connectivity index (χ3n) is 5.82. The van der Waals surface area contributed by atoms with Gasteiger partial charge in [0.2, 0.25) is 10.3 Å². The Hall–Kier alpha value is -2.26. The molecule has 0 bridgehead atoms. The SMILES string of the molecule is c1ccc(CN2CCN(Cc3cccn3-c3nnc(N4CCOCC4)s3)CC2)cc1. The highest BCUT2D eigenvalue weighted by Crippen LogP contribution is 2.25. The Balaban J connectivity index is 1.19. The highest BCUT2D eigenvalue weighted by Gasteiger charge is 2.20. The lowest BCUT2D eigenvalue weighted by atomic mass is 10.2. The number of benzene rings is 1. The van der Waals surface area contributed by atoms with Gasteiger partial charge in [0, 0.05) is 64.2 Å². The number of morpholine rings is 1. The lowest BCUT2D eigenvalue weighted by molar-refractivity contribution is 0.120. The fourth-order valence-electron chi connectivity index (χ4n) is 4.10. The Kier molecular flexibility index (Phi) is 6.08. The van der Waals surface area contributed by atoms with Crippen LogP contribution in [0.5, 0.6) is 0 Å². The number of nitrogens with zero attached hydrogens (tertiary/aromatic N) is 6. The van der Waals surface area contributed by atoms with E-state index in [1.165, 1.54) is 11.3 Å². The van der Waals surface area contributed by atoms with Gasteiger partial charge >= 0.3 is 0 Å². The van der Waals surface area contributed by atoms with E-state index in [0.29, 0.717) is 0 Å². The van der Waals surface area contributed by atoms with Gasteiger partial charge in [-0.3, -0.25) is 14.4 Å². The number of ether oxygens (including phenoxy) is 1. The Morgan fingerprint density at radius 1 is 0.767 bits per heavy atom. The van der Waals surface area contributed by atoms with Crippen LogP contribution < -0.4 is 4.90 Å². The first-order chi connectivity index (χ1) is 14.8. The summed E-state index contributed by atoms with van der Waals surface area (Å²) >= 11 is 1.66. The Labute approximate surface area is 181 Å². The van der Waals surface area contributed by atoms with E-state index in [9.17, 15) is 0 Å². The van der Waals surface area contributed by atoms with E-state index in [2.05, 4.69) is 78.1 Å². The van der Waals surface area contributed by atoms with E-state index in [1.54, 1.807) is 11.3 Å². The molecule has 158 valence electrons. The summed E-state index contributed by atoms with van der Waals surface area (Å²) in [6, 6.07) is 15.1. The molecule has 5 rings (SSSR count). The molecule has 2 aromatic heterocycles. The Morgan fingerprint density at radius 3 is 2.23 bits per heavy atom. The zero-order chi connectivity index (χ0) is 20.2. The standard InChI is InChI=1S/C22H28N6OS/c1-2-5-19(6-3-1)17-25-9-11-26(12-10-25)18-20-7-4-8-28(20)22-24-23-21(30-22)27-13-15-29-16-14-27/h1-8H,9-18H2. The molecule has 0 radical (unpaired) electrons. The molecule has 2 aliphatic heterocycles. The van der Waals surface area contributed by atoms with E-state index < -0.39 is 0 Å². The predicted octanol–water partition coefficient (Wildman–Crippen LogP) is 2.48. The average molecular weight is 425 g/mol. The van der Waals surface area contributed by atoms with Gasteiger partial charge < -0.3 is 9.64 Å². The quantitative estimate of drug-likeness (QED) is 0.606. The summed E-state index contributed by atoms with van der Waals surface area (Å²) in [5, 5.41) is 10.8. The molecule has 0 atom stereocenters. The van der Waals surface area contributed by atoms with Gasteiger partial charge in [-0.2, -0.15) is 0 Å². The monoisotopic (exact) mass is 424 g/mol. The largest absolute Gasteiger partial charge is 0.378 e. The normalized spacial score (nSPS) is 18.7. The molecule has 0 aliphatic carbocycles. The maximum atomic E-state index is 5.45. The molecule has 7 nitrogen and oxygen atoms in total. The summed E-state index contributed by atoms with van der Waals surface area (Å²) in [4.78, 5) is 7.35. The highest BCUT2D eigenvalue weighted by atomic mass is 32.1. The van der Waals surface area contributed by atoms with Crippen LogP contribution >= 0.6 is 11.3 Å². The van der Waals surface area contributed by atoms with Crippen molar-refractivity contribution in [2.75, 3.05) is 57.4 Å². The first-order valence-corrected chi connectivity index (χ1v) is 11.5. The van der Waals surface area contributed by atoms with Crippen molar-refractivity contribution < 1.29 is 4.74 Å². The van der Waals surface area contributed by atoms with Crippen LogP contribution in [0.25, 0.3) is 5.13 Å². The number of hydrogen-bond donors (Lipinski definition) is 0. The van der Waals surface area contributed by atoms with Crippen LogP contribution in [0.4, 0.5) is 5.13 Å². The van der Waals surface area contributed by atoms with Crippen molar-refractivity contribution in [1.29, 1.82) is 0 Å². The minimum Gasteiger partial charge on any atom is -0.378 e. The molecular formula is C22H28N6OS. The summed E-state index contributed by atoms with van der Waals surface area (Å²) < 4.78 is 7.64. The molecule has 1 aromatic carbocycles. The number of piperazine rings is 1. The second-order valence-electron chi connectivity index (χ2n) is 7.87. The first kappa shape index (κ1) is 19.7. The smallest absolute Gasteiger partial charge is 0.218 e. The summed E-state index contributed by atoms with van der Waals surface area (Å²) in [5.74, 6) is 0. The van der Waals surface area contributed by atoms with Crippen molar-refractivity contribution in [3.05, 3.63) is 59.9 Å². The number of rotatable bonds is 6. The van der Waals surface area contributed by atoms with Crippen LogP contribution in [0.15, 0.2) is 48.7 Å². The lowest BCUT2D eigenvalue weighted by Crippen LogP contribution is -2.45. The topological polar surface area (TPSA) is 49.7 Å². The van der Waals surface area contributed by atoms with Crippen molar-refractivity contribution in [2.45, 2.75) is 13.1 Å². The van der Waals surface area contributed by atoms with Gasteiger partial charge in [-0.15, -0.1) is 10.2 Å². The molecular weight excluding hydrogens is 396 g/mol. The van der Waals surface area contributed by atoms with E-state index >= 15 is 0 Å². The van der Waals surface area contributed by atoms with Gasteiger partial charge in [0.25, 0.3) is 0 Å². The van der Waals surface area contributed by atoms with Gasteiger partial charge in [-0.1, -0.05) is 41.7 Å². The third-order valence-corrected chi connectivity index (χ3v) is 6.81. The molecule has 4 heterocycles. The van der Waals surface area contributed by atoms with E-state index in [1.807, 2.05) is 0 Å². The first-order valence-electron chi connectivity index (χ1n) is 10.7. The fraction of sp³-hybridized carbons (Fsp3) is 0.455. The van der Waals surface area contributed by atoms with Crippen molar-refractivity contribution in [3.8, 4) is 5.13 Å². The summed E-state index contributed by atoms with van der Waals surface area (Å²) in [6.07, 6.45) is 2.10. The maximum absolute atomic E-state index is 5.45. The van der Waals surface area contributed by atoms with Crippen molar-refractivity contribution >= 4 is 16.5 Å². The minimum absolute atomic E-state index is 0.764. The van der Waals surface area contributed by atoms with Crippen LogP contribution in [-0.4, -0.2) is 77.0 Å². The van der Waals surface area contributed by atoms with Crippen LogP contribution in [0.1, 0.15) is 11.3 Å². The fourth-order valence-corrected chi connectivity index (χ4v) is 5.01. The second-order valence-corrected chi connectivity index (χ2v) is 8.81. The second kappa shape index (κ2) is 9.26. The minimum atomic E-state index is 0.764. The van der Waals surface area contributed by atoms with E-state index in [-0.39, 0.29) is 0 Å². The van der Waals surface area contributed by atoms with Gasteiger partial charge in [0.05, 0.1) is 13.2 Å². The molecule has 2 saturated heterocycles. The molecule has 2 aliphatic rings. The lowest BCUT2D eigenvalue weighted by Gasteiger charge is -2.34. The third kappa shape index (κ3) is 4.57. The molecule has 0 saturated carbocycles. The van der Waals surface area contributed by atoms with Gasteiger partial charge in [-0.05, 0) is 17.7 Å².